The summed E-state index contributed by atoms with van der Waals surface area (Å²) in [5.74, 6) is 0.661. The Morgan fingerprint density at radius 2 is 2.08 bits per heavy atom. The summed E-state index contributed by atoms with van der Waals surface area (Å²) in [5.41, 5.74) is 7.29. The van der Waals surface area contributed by atoms with Crippen LogP contribution in [0.25, 0.3) is 0 Å². The Labute approximate surface area is 153 Å². The normalized spacial score (nSPS) is 17.4. The molecule has 1 unspecified atom stereocenters. The van der Waals surface area contributed by atoms with Crippen molar-refractivity contribution in [3.63, 3.8) is 0 Å². The molecule has 25 heavy (non-hydrogen) atoms. The first-order chi connectivity index (χ1) is 12.2. The van der Waals surface area contributed by atoms with Crippen LogP contribution >= 0.6 is 11.3 Å². The van der Waals surface area contributed by atoms with E-state index >= 15 is 0 Å². The van der Waals surface area contributed by atoms with Crippen molar-refractivity contribution >= 4 is 17.2 Å². The van der Waals surface area contributed by atoms with Crippen molar-refractivity contribution in [3.8, 4) is 0 Å². The van der Waals surface area contributed by atoms with Crippen LogP contribution in [0.2, 0.25) is 0 Å². The molecule has 3 rings (SSSR count). The highest BCUT2D eigenvalue weighted by molar-refractivity contribution is 7.09. The minimum atomic E-state index is -0.123. The Kier molecular flexibility index (Phi) is 6.18. The second-order valence-electron chi connectivity index (χ2n) is 6.69. The van der Waals surface area contributed by atoms with Gasteiger partial charge in [0.25, 0.3) is 5.91 Å². The van der Waals surface area contributed by atoms with Crippen molar-refractivity contribution in [2.24, 2.45) is 11.7 Å². The molecule has 3 N–H and O–H groups in total. The van der Waals surface area contributed by atoms with Crippen LogP contribution in [0.1, 0.15) is 46.9 Å². The summed E-state index contributed by atoms with van der Waals surface area (Å²) in [6.07, 6.45) is 2.42. The largest absolute Gasteiger partial charge is 0.349 e. The lowest BCUT2D eigenvalue weighted by Gasteiger charge is -2.37. The molecule has 0 bridgehead atoms. The number of rotatable bonds is 6. The van der Waals surface area contributed by atoms with E-state index in [0.29, 0.717) is 18.8 Å². The Morgan fingerprint density at radius 3 is 2.72 bits per heavy atom. The van der Waals surface area contributed by atoms with E-state index in [2.05, 4.69) is 46.4 Å². The van der Waals surface area contributed by atoms with Crippen LogP contribution < -0.4 is 11.1 Å². The van der Waals surface area contributed by atoms with E-state index in [1.165, 1.54) is 29.7 Å². The highest BCUT2D eigenvalue weighted by Crippen LogP contribution is 2.26. The summed E-state index contributed by atoms with van der Waals surface area (Å²) in [7, 11) is 0. The molecule has 1 aromatic carbocycles. The van der Waals surface area contributed by atoms with Gasteiger partial charge < -0.3 is 11.1 Å². The van der Waals surface area contributed by atoms with Crippen LogP contribution in [0.5, 0.6) is 0 Å². The molecular formula is C19H26N4OS. The van der Waals surface area contributed by atoms with Crippen molar-refractivity contribution in [2.75, 3.05) is 19.6 Å². The molecule has 1 aliphatic heterocycles. The molecule has 1 atom stereocenters. The third-order valence-electron chi connectivity index (χ3n) is 4.86. The van der Waals surface area contributed by atoms with Gasteiger partial charge in [-0.15, -0.1) is 11.3 Å². The van der Waals surface area contributed by atoms with E-state index in [0.717, 1.165) is 24.0 Å². The zero-order chi connectivity index (χ0) is 17.6. The van der Waals surface area contributed by atoms with E-state index in [9.17, 15) is 4.79 Å². The predicted octanol–water partition coefficient (Wildman–Crippen LogP) is 2.80. The standard InChI is InChI=1S/C19H26N4OS/c1-14-7-9-23(10-8-14)17(15-5-3-2-4-6-15)12-21-19(24)16-13-25-18(11-20)22-16/h2-6,13-14,17H,7-12,20H2,1H3,(H,21,24). The third kappa shape index (κ3) is 4.66. The zero-order valence-electron chi connectivity index (χ0n) is 14.6. The molecule has 0 aliphatic carbocycles. The minimum absolute atomic E-state index is 0.123. The molecule has 1 aromatic heterocycles. The lowest BCUT2D eigenvalue weighted by Crippen LogP contribution is -2.42. The number of likely N-dealkylation sites (tertiary alicyclic amines) is 1. The van der Waals surface area contributed by atoms with E-state index < -0.39 is 0 Å². The molecule has 5 nitrogen and oxygen atoms in total. The first-order valence-corrected chi connectivity index (χ1v) is 9.77. The number of nitrogens with two attached hydrogens (primary N) is 1. The van der Waals surface area contributed by atoms with Gasteiger partial charge in [0.05, 0.1) is 6.04 Å². The average Bonchev–Trinajstić information content (AvgIpc) is 3.13. The number of carbonyl (C=O) groups is 1. The summed E-state index contributed by atoms with van der Waals surface area (Å²) >= 11 is 1.43. The molecule has 2 aromatic rings. The van der Waals surface area contributed by atoms with Gasteiger partial charge in [0.2, 0.25) is 0 Å². The summed E-state index contributed by atoms with van der Waals surface area (Å²) in [4.78, 5) is 19.2. The Balaban J connectivity index is 1.68. The molecule has 134 valence electrons. The van der Waals surface area contributed by atoms with Crippen LogP contribution in [-0.2, 0) is 6.54 Å². The van der Waals surface area contributed by atoms with Crippen molar-refractivity contribution in [1.82, 2.24) is 15.2 Å². The van der Waals surface area contributed by atoms with Crippen molar-refractivity contribution < 1.29 is 4.79 Å². The third-order valence-corrected chi connectivity index (χ3v) is 5.73. The minimum Gasteiger partial charge on any atom is -0.349 e. The number of aromatic nitrogens is 1. The van der Waals surface area contributed by atoms with Gasteiger partial charge in [0.15, 0.2) is 0 Å². The number of thiazole rings is 1. The Morgan fingerprint density at radius 1 is 1.36 bits per heavy atom. The first-order valence-electron chi connectivity index (χ1n) is 8.89. The second kappa shape index (κ2) is 8.56. The zero-order valence-corrected chi connectivity index (χ0v) is 15.5. The number of nitrogens with one attached hydrogen (secondary N) is 1. The van der Waals surface area contributed by atoms with E-state index in [-0.39, 0.29) is 11.9 Å². The van der Waals surface area contributed by atoms with Gasteiger partial charge in [-0.2, -0.15) is 0 Å². The topological polar surface area (TPSA) is 71.2 Å². The van der Waals surface area contributed by atoms with Crippen LogP contribution in [0.3, 0.4) is 0 Å². The maximum atomic E-state index is 12.4. The fourth-order valence-corrected chi connectivity index (χ4v) is 3.92. The summed E-state index contributed by atoms with van der Waals surface area (Å²) < 4.78 is 0. The number of hydrogen-bond donors (Lipinski definition) is 2. The molecule has 0 spiro atoms. The Hall–Kier alpha value is -1.76. The van der Waals surface area contributed by atoms with Gasteiger partial charge in [-0.3, -0.25) is 9.69 Å². The fraction of sp³-hybridized carbons (Fsp3) is 0.474. The maximum absolute atomic E-state index is 12.4. The van der Waals surface area contributed by atoms with E-state index in [4.69, 9.17) is 5.73 Å². The van der Waals surface area contributed by atoms with E-state index in [1.54, 1.807) is 5.38 Å². The first kappa shape index (κ1) is 18.0. The van der Waals surface area contributed by atoms with Crippen LogP contribution in [0, 0.1) is 5.92 Å². The van der Waals surface area contributed by atoms with Crippen molar-refractivity contribution in [1.29, 1.82) is 0 Å². The number of piperidine rings is 1. The number of nitrogens with zero attached hydrogens (tertiary/aromatic N) is 2. The van der Waals surface area contributed by atoms with Crippen LogP contribution in [-0.4, -0.2) is 35.4 Å². The molecular weight excluding hydrogens is 332 g/mol. The maximum Gasteiger partial charge on any atom is 0.270 e. The summed E-state index contributed by atoms with van der Waals surface area (Å²) in [5, 5.41) is 5.63. The molecule has 1 saturated heterocycles. The molecule has 1 fully saturated rings. The van der Waals surface area contributed by atoms with Gasteiger partial charge in [0, 0.05) is 18.5 Å². The van der Waals surface area contributed by atoms with Crippen LogP contribution in [0.4, 0.5) is 0 Å². The summed E-state index contributed by atoms with van der Waals surface area (Å²) in [6.45, 7) is 5.42. The molecule has 2 heterocycles. The van der Waals surface area contributed by atoms with E-state index in [1.807, 2.05) is 6.07 Å². The quantitative estimate of drug-likeness (QED) is 0.833. The monoisotopic (exact) mass is 358 g/mol. The number of benzene rings is 1. The van der Waals surface area contributed by atoms with Gasteiger partial charge in [0.1, 0.15) is 10.7 Å². The van der Waals surface area contributed by atoms with Crippen molar-refractivity contribution in [3.05, 3.63) is 52.0 Å². The Bertz CT molecular complexity index is 680. The van der Waals surface area contributed by atoms with Crippen LogP contribution in [0.15, 0.2) is 35.7 Å². The molecule has 0 saturated carbocycles. The highest BCUT2D eigenvalue weighted by Gasteiger charge is 2.25. The molecule has 1 amide bonds. The predicted molar refractivity (Wildman–Crippen MR) is 101 cm³/mol. The average molecular weight is 359 g/mol. The van der Waals surface area contributed by atoms with Gasteiger partial charge in [-0.05, 0) is 37.4 Å². The lowest BCUT2D eigenvalue weighted by molar-refractivity contribution is 0.0908. The second-order valence-corrected chi connectivity index (χ2v) is 7.63. The fourth-order valence-electron chi connectivity index (χ4n) is 3.26. The number of amides is 1. The molecule has 6 heteroatoms. The van der Waals surface area contributed by atoms with Gasteiger partial charge >= 0.3 is 0 Å². The van der Waals surface area contributed by atoms with Crippen molar-refractivity contribution in [2.45, 2.75) is 32.4 Å². The summed E-state index contributed by atoms with van der Waals surface area (Å²) in [6, 6.07) is 10.6. The lowest BCUT2D eigenvalue weighted by atomic mass is 9.95. The van der Waals surface area contributed by atoms with Gasteiger partial charge in [-0.25, -0.2) is 4.98 Å². The highest BCUT2D eigenvalue weighted by atomic mass is 32.1. The number of carbonyl (C=O) groups excluding carboxylic acids is 1. The number of hydrogen-bond acceptors (Lipinski definition) is 5. The smallest absolute Gasteiger partial charge is 0.270 e. The SMILES string of the molecule is CC1CCN(C(CNC(=O)c2csc(CN)n2)c2ccccc2)CC1. The molecule has 1 aliphatic rings. The van der Waals surface area contributed by atoms with Gasteiger partial charge in [-0.1, -0.05) is 37.3 Å². The molecule has 0 radical (unpaired) electrons.